The molecule has 1 saturated carbocycles. The molecule has 0 radical (unpaired) electrons. The van der Waals surface area contributed by atoms with Gasteiger partial charge in [0.05, 0.1) is 24.1 Å². The molecule has 4 rings (SSSR count). The SMILES string of the molecule is CCOC(=O)CN(C)c1c(OC2CCC(NC(=O)OC(C)(C)C)CC2)ccc2c1CC(C)(C)c1c(N)ncnc1-2. The van der Waals surface area contributed by atoms with Crippen molar-refractivity contribution >= 4 is 23.6 Å². The topological polar surface area (TPSA) is 129 Å². The molecule has 10 nitrogen and oxygen atoms in total. The van der Waals surface area contributed by atoms with Crippen LogP contribution < -0.4 is 20.7 Å². The van der Waals surface area contributed by atoms with Crippen LogP contribution in [0, 0.1) is 0 Å². The minimum absolute atomic E-state index is 0.0219. The van der Waals surface area contributed by atoms with Crippen molar-refractivity contribution in [3.63, 3.8) is 0 Å². The lowest BCUT2D eigenvalue weighted by atomic mass is 9.71. The number of esters is 1. The van der Waals surface area contributed by atoms with Crippen LogP contribution in [-0.4, -0.2) is 60.0 Å². The summed E-state index contributed by atoms with van der Waals surface area (Å²) in [6, 6.07) is 4.04. The number of ether oxygens (including phenoxy) is 3. The molecule has 0 atom stereocenters. The van der Waals surface area contributed by atoms with Crippen LogP contribution in [0.1, 0.15) is 78.4 Å². The number of aromatic nitrogens is 2. The van der Waals surface area contributed by atoms with E-state index in [1.165, 1.54) is 6.33 Å². The average Bonchev–Trinajstić information content (AvgIpc) is 2.83. The van der Waals surface area contributed by atoms with Crippen LogP contribution in [0.5, 0.6) is 5.75 Å². The molecule has 40 heavy (non-hydrogen) atoms. The lowest BCUT2D eigenvalue weighted by molar-refractivity contribution is -0.141. The fourth-order valence-corrected chi connectivity index (χ4v) is 5.79. The lowest BCUT2D eigenvalue weighted by Crippen LogP contribution is -2.42. The van der Waals surface area contributed by atoms with Gasteiger partial charge in [0.1, 0.15) is 30.0 Å². The van der Waals surface area contributed by atoms with Gasteiger partial charge in [0, 0.05) is 24.2 Å². The quantitative estimate of drug-likeness (QED) is 0.466. The van der Waals surface area contributed by atoms with Crippen molar-refractivity contribution in [1.29, 1.82) is 0 Å². The molecule has 0 spiro atoms. The number of amides is 1. The van der Waals surface area contributed by atoms with Crippen molar-refractivity contribution in [3.05, 3.63) is 29.6 Å². The fourth-order valence-electron chi connectivity index (χ4n) is 5.79. The van der Waals surface area contributed by atoms with Gasteiger partial charge in [0.25, 0.3) is 0 Å². The smallest absolute Gasteiger partial charge is 0.407 e. The zero-order chi connectivity index (χ0) is 29.2. The standard InChI is InChI=1S/C30H43N5O5/c1-8-38-23(36)16-35(7)26-21-15-30(5,6)24-25(32-17-33-27(24)31)20(21)13-14-22(26)39-19-11-9-18(10-12-19)34-28(37)40-29(2,3)4/h13-14,17-19H,8-12,15-16H2,1-7H3,(H,34,37)(H2,31,32,33). The number of fused-ring (bicyclic) bond motifs is 3. The number of alkyl carbamates (subject to hydrolysis) is 1. The average molecular weight is 554 g/mol. The molecule has 1 fully saturated rings. The Hall–Kier alpha value is -3.56. The van der Waals surface area contributed by atoms with Gasteiger partial charge in [-0.3, -0.25) is 4.79 Å². The molecular formula is C30H43N5O5. The number of nitrogens with one attached hydrogen (secondary N) is 1. The van der Waals surface area contributed by atoms with Crippen molar-refractivity contribution < 1.29 is 23.8 Å². The summed E-state index contributed by atoms with van der Waals surface area (Å²) in [7, 11) is 1.89. The number of nitrogen functional groups attached to an aromatic ring is 1. The molecule has 0 aliphatic heterocycles. The van der Waals surface area contributed by atoms with Crippen LogP contribution >= 0.6 is 0 Å². The summed E-state index contributed by atoms with van der Waals surface area (Å²) >= 11 is 0. The van der Waals surface area contributed by atoms with Crippen molar-refractivity contribution in [3.8, 4) is 17.0 Å². The third-order valence-electron chi connectivity index (χ3n) is 7.41. The van der Waals surface area contributed by atoms with Gasteiger partial charge in [-0.05, 0) is 82.9 Å². The van der Waals surface area contributed by atoms with Gasteiger partial charge in [0.2, 0.25) is 0 Å². The molecule has 1 aromatic carbocycles. The second kappa shape index (κ2) is 11.5. The fraction of sp³-hybridized carbons (Fsp3) is 0.600. The zero-order valence-corrected chi connectivity index (χ0v) is 24.8. The molecular weight excluding hydrogens is 510 g/mol. The summed E-state index contributed by atoms with van der Waals surface area (Å²) in [4.78, 5) is 35.5. The first-order valence-corrected chi connectivity index (χ1v) is 14.1. The normalized spacial score (nSPS) is 19.6. The molecule has 2 aromatic rings. The van der Waals surface area contributed by atoms with Gasteiger partial charge >= 0.3 is 12.1 Å². The first-order chi connectivity index (χ1) is 18.8. The Morgan fingerprint density at radius 2 is 1.85 bits per heavy atom. The van der Waals surface area contributed by atoms with E-state index in [2.05, 4.69) is 29.1 Å². The molecule has 2 aliphatic carbocycles. The molecule has 218 valence electrons. The summed E-state index contributed by atoms with van der Waals surface area (Å²) in [5.74, 6) is 0.902. The van der Waals surface area contributed by atoms with E-state index in [-0.39, 0.29) is 36.2 Å². The van der Waals surface area contributed by atoms with Gasteiger partial charge in [-0.25, -0.2) is 14.8 Å². The van der Waals surface area contributed by atoms with Crippen LogP contribution in [0.25, 0.3) is 11.3 Å². The molecule has 0 saturated heterocycles. The monoisotopic (exact) mass is 553 g/mol. The van der Waals surface area contributed by atoms with Crippen molar-refractivity contribution in [2.45, 2.75) is 96.8 Å². The van der Waals surface area contributed by atoms with Crippen LogP contribution in [0.3, 0.4) is 0 Å². The molecule has 1 amide bonds. The van der Waals surface area contributed by atoms with E-state index in [0.29, 0.717) is 18.8 Å². The van der Waals surface area contributed by atoms with Gasteiger partial charge < -0.3 is 30.2 Å². The molecule has 2 aliphatic rings. The molecule has 0 unspecified atom stereocenters. The first kappa shape index (κ1) is 29.4. The van der Waals surface area contributed by atoms with E-state index in [1.807, 2.05) is 44.9 Å². The van der Waals surface area contributed by atoms with Gasteiger partial charge in [0.15, 0.2) is 0 Å². The maximum Gasteiger partial charge on any atom is 0.407 e. The lowest BCUT2D eigenvalue weighted by Gasteiger charge is -2.37. The third-order valence-corrected chi connectivity index (χ3v) is 7.41. The second-order valence-corrected chi connectivity index (χ2v) is 12.4. The highest BCUT2D eigenvalue weighted by Gasteiger charge is 2.38. The maximum absolute atomic E-state index is 12.5. The number of hydrogen-bond acceptors (Lipinski definition) is 9. The van der Waals surface area contributed by atoms with E-state index in [9.17, 15) is 9.59 Å². The Kier molecular flexibility index (Phi) is 8.46. The first-order valence-electron chi connectivity index (χ1n) is 14.1. The summed E-state index contributed by atoms with van der Waals surface area (Å²) in [5, 5.41) is 2.99. The molecule has 0 bridgehead atoms. The number of carbonyl (C=O) groups excluding carboxylic acids is 2. The predicted molar refractivity (Wildman–Crippen MR) is 155 cm³/mol. The number of carbonyl (C=O) groups is 2. The number of likely N-dealkylation sites (N-methyl/N-ethyl adjacent to an activating group) is 1. The van der Waals surface area contributed by atoms with Crippen molar-refractivity contribution in [1.82, 2.24) is 15.3 Å². The molecule has 1 aromatic heterocycles. The molecule has 1 heterocycles. The van der Waals surface area contributed by atoms with E-state index in [1.54, 1.807) is 6.92 Å². The van der Waals surface area contributed by atoms with Crippen LogP contribution in [0.2, 0.25) is 0 Å². The number of rotatable bonds is 7. The van der Waals surface area contributed by atoms with Crippen LogP contribution in [-0.2, 0) is 26.1 Å². The van der Waals surface area contributed by atoms with E-state index in [0.717, 1.165) is 59.5 Å². The number of hydrogen-bond donors (Lipinski definition) is 2. The van der Waals surface area contributed by atoms with Gasteiger partial charge in [-0.1, -0.05) is 13.8 Å². The third kappa shape index (κ3) is 6.59. The van der Waals surface area contributed by atoms with E-state index < -0.39 is 5.60 Å². The van der Waals surface area contributed by atoms with E-state index >= 15 is 0 Å². The van der Waals surface area contributed by atoms with Gasteiger partial charge in [-0.2, -0.15) is 0 Å². The summed E-state index contributed by atoms with van der Waals surface area (Å²) in [5.41, 5.74) is 10.1. The van der Waals surface area contributed by atoms with Crippen molar-refractivity contribution in [2.24, 2.45) is 0 Å². The summed E-state index contributed by atoms with van der Waals surface area (Å²) in [6.07, 6.45) is 4.93. The van der Waals surface area contributed by atoms with Gasteiger partial charge in [-0.15, -0.1) is 0 Å². The summed E-state index contributed by atoms with van der Waals surface area (Å²) < 4.78 is 17.3. The Bertz CT molecular complexity index is 1250. The van der Waals surface area contributed by atoms with Crippen LogP contribution in [0.4, 0.5) is 16.3 Å². The maximum atomic E-state index is 12.5. The minimum Gasteiger partial charge on any atom is -0.488 e. The Morgan fingerprint density at radius 1 is 1.15 bits per heavy atom. The number of nitrogens with two attached hydrogens (primary N) is 1. The highest BCUT2D eigenvalue weighted by Crippen LogP contribution is 2.49. The Morgan fingerprint density at radius 3 is 2.50 bits per heavy atom. The predicted octanol–water partition coefficient (Wildman–Crippen LogP) is 4.77. The molecule has 3 N–H and O–H groups in total. The van der Waals surface area contributed by atoms with E-state index in [4.69, 9.17) is 19.9 Å². The van der Waals surface area contributed by atoms with Crippen molar-refractivity contribution in [2.75, 3.05) is 30.8 Å². The minimum atomic E-state index is -0.532. The largest absolute Gasteiger partial charge is 0.488 e. The highest BCUT2D eigenvalue weighted by atomic mass is 16.6. The zero-order valence-electron chi connectivity index (χ0n) is 24.8. The summed E-state index contributed by atoms with van der Waals surface area (Å²) in [6.45, 7) is 12.0. The Balaban J connectivity index is 1.60. The van der Waals surface area contributed by atoms with Crippen LogP contribution in [0.15, 0.2) is 18.5 Å². The molecule has 10 heteroatoms. The highest BCUT2D eigenvalue weighted by molar-refractivity contribution is 5.85. The number of nitrogens with zero attached hydrogens (tertiary/aromatic N) is 3. The number of anilines is 2. The Labute approximate surface area is 237 Å². The number of benzene rings is 1. The second-order valence-electron chi connectivity index (χ2n) is 12.4.